The Bertz CT molecular complexity index is 343. The second-order valence-electron chi connectivity index (χ2n) is 5.04. The lowest BCUT2D eigenvalue weighted by molar-refractivity contribution is 0.162. The van der Waals surface area contributed by atoms with Crippen molar-refractivity contribution in [2.75, 3.05) is 13.6 Å². The Morgan fingerprint density at radius 1 is 1.25 bits per heavy atom. The number of piperidine rings is 1. The molecule has 0 bridgehead atoms. The molecule has 0 amide bonds. The zero-order valence-corrected chi connectivity index (χ0v) is 10.5. The highest BCUT2D eigenvalue weighted by Gasteiger charge is 2.29. The summed E-state index contributed by atoms with van der Waals surface area (Å²) in [5.41, 5.74) is 10.5. The largest absolute Gasteiger partial charge is 0.326 e. The van der Waals surface area contributed by atoms with E-state index < -0.39 is 0 Å². The van der Waals surface area contributed by atoms with Crippen molar-refractivity contribution in [1.82, 2.24) is 4.90 Å². The Morgan fingerprint density at radius 3 is 2.44 bits per heavy atom. The van der Waals surface area contributed by atoms with Crippen LogP contribution in [0.25, 0.3) is 0 Å². The highest BCUT2D eigenvalue weighted by molar-refractivity contribution is 5.37. The number of benzene rings is 1. The number of likely N-dealkylation sites (N-methyl/N-ethyl adjacent to an activating group) is 1. The van der Waals surface area contributed by atoms with E-state index in [1.165, 1.54) is 23.1 Å². The lowest BCUT2D eigenvalue weighted by atomic mass is 9.86. The molecule has 1 aromatic carbocycles. The smallest absolute Gasteiger partial charge is 0.0501 e. The third kappa shape index (κ3) is 2.00. The van der Waals surface area contributed by atoms with Crippen LogP contribution in [0.3, 0.4) is 0 Å². The summed E-state index contributed by atoms with van der Waals surface area (Å²) in [5, 5.41) is 0. The number of likely N-dealkylation sites (tertiary alicyclic amines) is 1. The van der Waals surface area contributed by atoms with Crippen LogP contribution in [0.4, 0.5) is 0 Å². The number of nitrogens with zero attached hydrogens (tertiary/aromatic N) is 1. The van der Waals surface area contributed by atoms with E-state index in [1.54, 1.807) is 0 Å². The van der Waals surface area contributed by atoms with Gasteiger partial charge in [-0.2, -0.15) is 0 Å². The normalized spacial score (nSPS) is 27.0. The van der Waals surface area contributed by atoms with E-state index in [4.69, 9.17) is 5.73 Å². The van der Waals surface area contributed by atoms with Crippen molar-refractivity contribution in [1.29, 1.82) is 0 Å². The summed E-state index contributed by atoms with van der Waals surface area (Å²) < 4.78 is 0. The molecule has 2 atom stereocenters. The van der Waals surface area contributed by atoms with Gasteiger partial charge in [-0.1, -0.05) is 18.2 Å². The van der Waals surface area contributed by atoms with Crippen LogP contribution in [0.2, 0.25) is 0 Å². The average molecular weight is 218 g/mol. The molecule has 0 saturated carbocycles. The Balaban J connectivity index is 2.41. The molecule has 1 fully saturated rings. The quantitative estimate of drug-likeness (QED) is 0.784. The molecular formula is C14H22N2. The first-order valence-corrected chi connectivity index (χ1v) is 6.13. The summed E-state index contributed by atoms with van der Waals surface area (Å²) in [4.78, 5) is 2.41. The fourth-order valence-corrected chi connectivity index (χ4v) is 2.93. The first-order chi connectivity index (χ1) is 7.61. The Hall–Kier alpha value is -0.860. The molecule has 2 nitrogen and oxygen atoms in total. The van der Waals surface area contributed by atoms with Crippen LogP contribution >= 0.6 is 0 Å². The highest BCUT2D eigenvalue weighted by Crippen LogP contribution is 2.32. The van der Waals surface area contributed by atoms with Gasteiger partial charge in [0.15, 0.2) is 0 Å². The van der Waals surface area contributed by atoms with Gasteiger partial charge in [0.25, 0.3) is 0 Å². The topological polar surface area (TPSA) is 29.3 Å². The molecule has 0 aliphatic carbocycles. The maximum absolute atomic E-state index is 6.30. The van der Waals surface area contributed by atoms with E-state index in [0.717, 1.165) is 13.0 Å². The third-order valence-corrected chi connectivity index (χ3v) is 3.77. The molecule has 1 aliphatic heterocycles. The molecule has 2 heteroatoms. The van der Waals surface area contributed by atoms with Crippen LogP contribution < -0.4 is 5.73 Å². The molecule has 1 heterocycles. The predicted octanol–water partition coefficient (Wildman–Crippen LogP) is 2.40. The lowest BCUT2D eigenvalue weighted by Gasteiger charge is -2.39. The molecule has 1 saturated heterocycles. The van der Waals surface area contributed by atoms with Gasteiger partial charge in [-0.15, -0.1) is 0 Å². The molecular weight excluding hydrogens is 196 g/mol. The van der Waals surface area contributed by atoms with E-state index in [2.05, 4.69) is 44.0 Å². The molecule has 2 N–H and O–H groups in total. The van der Waals surface area contributed by atoms with Gasteiger partial charge in [0, 0.05) is 6.04 Å². The zero-order chi connectivity index (χ0) is 11.7. The number of hydrogen-bond donors (Lipinski definition) is 1. The second-order valence-corrected chi connectivity index (χ2v) is 5.04. The summed E-state index contributed by atoms with van der Waals surface area (Å²) in [7, 11) is 2.19. The van der Waals surface area contributed by atoms with Gasteiger partial charge in [0.1, 0.15) is 0 Å². The van der Waals surface area contributed by atoms with Crippen molar-refractivity contribution in [2.24, 2.45) is 5.73 Å². The molecule has 0 aromatic heterocycles. The molecule has 1 aliphatic rings. The molecule has 0 spiro atoms. The number of rotatable bonds is 1. The summed E-state index contributed by atoms with van der Waals surface area (Å²) in [6.45, 7) is 5.54. The summed E-state index contributed by atoms with van der Waals surface area (Å²) >= 11 is 0. The molecule has 88 valence electrons. The Morgan fingerprint density at radius 2 is 1.88 bits per heavy atom. The van der Waals surface area contributed by atoms with Crippen molar-refractivity contribution in [3.05, 3.63) is 34.9 Å². The summed E-state index contributed by atoms with van der Waals surface area (Å²) in [5.74, 6) is 0. The van der Waals surface area contributed by atoms with Crippen molar-refractivity contribution in [3.8, 4) is 0 Å². The Labute approximate surface area is 98.4 Å². The van der Waals surface area contributed by atoms with E-state index in [0.29, 0.717) is 6.04 Å². The predicted molar refractivity (Wildman–Crippen MR) is 68.5 cm³/mol. The summed E-state index contributed by atoms with van der Waals surface area (Å²) in [6, 6.07) is 7.19. The molecule has 1 aromatic rings. The van der Waals surface area contributed by atoms with E-state index >= 15 is 0 Å². The van der Waals surface area contributed by atoms with Gasteiger partial charge in [-0.05, 0) is 57.0 Å². The maximum Gasteiger partial charge on any atom is 0.0501 e. The fourth-order valence-electron chi connectivity index (χ4n) is 2.93. The number of aryl methyl sites for hydroxylation is 2. The van der Waals surface area contributed by atoms with E-state index in [1.807, 2.05) is 0 Å². The van der Waals surface area contributed by atoms with Gasteiger partial charge < -0.3 is 5.73 Å². The van der Waals surface area contributed by atoms with Gasteiger partial charge in [-0.25, -0.2) is 0 Å². The Kier molecular flexibility index (Phi) is 3.31. The zero-order valence-electron chi connectivity index (χ0n) is 10.5. The SMILES string of the molecule is Cc1cccc(C)c1C1C(N)CCCN1C. The van der Waals surface area contributed by atoms with Crippen LogP contribution in [0.15, 0.2) is 18.2 Å². The van der Waals surface area contributed by atoms with Crippen LogP contribution in [-0.4, -0.2) is 24.5 Å². The van der Waals surface area contributed by atoms with Crippen LogP contribution in [0, 0.1) is 13.8 Å². The van der Waals surface area contributed by atoms with Gasteiger partial charge >= 0.3 is 0 Å². The first kappa shape index (κ1) is 11.6. The molecule has 2 rings (SSSR count). The van der Waals surface area contributed by atoms with Crippen molar-refractivity contribution in [3.63, 3.8) is 0 Å². The minimum atomic E-state index is 0.276. The average Bonchev–Trinajstić information content (AvgIpc) is 2.21. The molecule has 0 radical (unpaired) electrons. The fraction of sp³-hybridized carbons (Fsp3) is 0.571. The first-order valence-electron chi connectivity index (χ1n) is 6.13. The molecule has 2 unspecified atom stereocenters. The van der Waals surface area contributed by atoms with Crippen LogP contribution in [0.1, 0.15) is 35.6 Å². The highest BCUT2D eigenvalue weighted by atomic mass is 15.2. The maximum atomic E-state index is 6.30. The number of nitrogens with two attached hydrogens (primary N) is 1. The molecule has 16 heavy (non-hydrogen) atoms. The lowest BCUT2D eigenvalue weighted by Crippen LogP contribution is -2.44. The van der Waals surface area contributed by atoms with Crippen molar-refractivity contribution in [2.45, 2.75) is 38.8 Å². The van der Waals surface area contributed by atoms with Gasteiger partial charge in [0.05, 0.1) is 6.04 Å². The summed E-state index contributed by atoms with van der Waals surface area (Å²) in [6.07, 6.45) is 2.36. The van der Waals surface area contributed by atoms with E-state index in [-0.39, 0.29) is 6.04 Å². The van der Waals surface area contributed by atoms with Gasteiger partial charge in [0.2, 0.25) is 0 Å². The van der Waals surface area contributed by atoms with E-state index in [9.17, 15) is 0 Å². The van der Waals surface area contributed by atoms with Gasteiger partial charge in [-0.3, -0.25) is 4.90 Å². The minimum absolute atomic E-state index is 0.276. The second kappa shape index (κ2) is 4.56. The van der Waals surface area contributed by atoms with Crippen LogP contribution in [-0.2, 0) is 0 Å². The monoisotopic (exact) mass is 218 g/mol. The minimum Gasteiger partial charge on any atom is -0.326 e. The third-order valence-electron chi connectivity index (χ3n) is 3.77. The van der Waals surface area contributed by atoms with Crippen molar-refractivity contribution < 1.29 is 0 Å². The van der Waals surface area contributed by atoms with Crippen molar-refractivity contribution >= 4 is 0 Å². The number of hydrogen-bond acceptors (Lipinski definition) is 2. The van der Waals surface area contributed by atoms with Crippen LogP contribution in [0.5, 0.6) is 0 Å². The standard InChI is InChI=1S/C14H22N2/c1-10-6-4-7-11(2)13(10)14-12(15)8-5-9-16(14)3/h4,6-7,12,14H,5,8-9,15H2,1-3H3.